The van der Waals surface area contributed by atoms with Crippen LogP contribution in [0.3, 0.4) is 0 Å². The van der Waals surface area contributed by atoms with Gasteiger partial charge in [0.2, 0.25) is 0 Å². The molecule has 0 fully saturated rings. The molecule has 0 heterocycles. The molecule has 0 aromatic heterocycles. The normalized spacial score (nSPS) is 11.2. The number of sulfonamides is 1. The summed E-state index contributed by atoms with van der Waals surface area (Å²) < 4.78 is 39.0. The summed E-state index contributed by atoms with van der Waals surface area (Å²) in [7, 11) is -2.78. The van der Waals surface area contributed by atoms with Crippen LogP contribution in [0.2, 0.25) is 5.02 Å². The average molecular weight is 345 g/mol. The molecule has 0 aliphatic heterocycles. The van der Waals surface area contributed by atoms with Crippen LogP contribution in [0.1, 0.15) is 0 Å². The first-order chi connectivity index (χ1) is 10.2. The van der Waals surface area contributed by atoms with Gasteiger partial charge in [-0.3, -0.25) is 14.4 Å². The van der Waals surface area contributed by atoms with E-state index in [0.717, 1.165) is 22.5 Å². The highest BCUT2D eigenvalue weighted by molar-refractivity contribution is 7.92. The molecule has 0 N–H and O–H groups in total. The van der Waals surface area contributed by atoms with E-state index in [9.17, 15) is 22.9 Å². The molecule has 0 amide bonds. The molecule has 2 aromatic rings. The van der Waals surface area contributed by atoms with Crippen molar-refractivity contribution in [3.8, 4) is 0 Å². The molecule has 116 valence electrons. The molecular weight excluding hydrogens is 335 g/mol. The fourth-order valence-corrected chi connectivity index (χ4v) is 3.14. The largest absolute Gasteiger partial charge is 0.270 e. The number of nitrogens with zero attached hydrogens (tertiary/aromatic N) is 2. The molecule has 0 aliphatic rings. The van der Waals surface area contributed by atoms with Gasteiger partial charge in [0.25, 0.3) is 15.7 Å². The Hall–Kier alpha value is -2.19. The van der Waals surface area contributed by atoms with Crippen molar-refractivity contribution in [1.29, 1.82) is 0 Å². The van der Waals surface area contributed by atoms with Gasteiger partial charge in [-0.1, -0.05) is 17.7 Å². The van der Waals surface area contributed by atoms with Crippen LogP contribution < -0.4 is 4.31 Å². The second-order valence-corrected chi connectivity index (χ2v) is 6.70. The number of nitro benzene ring substituents is 1. The molecule has 9 heteroatoms. The summed E-state index contributed by atoms with van der Waals surface area (Å²) in [4.78, 5) is 9.81. The summed E-state index contributed by atoms with van der Waals surface area (Å²) >= 11 is 5.63. The Kier molecular flexibility index (Phi) is 4.34. The topological polar surface area (TPSA) is 80.5 Å². The van der Waals surface area contributed by atoms with Gasteiger partial charge >= 0.3 is 0 Å². The minimum Gasteiger partial charge on any atom is -0.269 e. The Balaban J connectivity index is 2.47. The molecule has 2 rings (SSSR count). The second kappa shape index (κ2) is 5.90. The number of rotatable bonds is 4. The lowest BCUT2D eigenvalue weighted by atomic mass is 10.3. The fraction of sp³-hybridized carbons (Fsp3) is 0.0769. The standard InChI is InChI=1S/C13H10ClFN2O4S/c1-16(9-5-6-13(15)12(14)8-9)22(20,21)11-4-2-3-10(7-11)17(18)19/h2-8H,1H3. The minimum atomic E-state index is -4.03. The third-order valence-electron chi connectivity index (χ3n) is 2.95. The van der Waals surface area contributed by atoms with Crippen LogP contribution >= 0.6 is 11.6 Å². The SMILES string of the molecule is CN(c1ccc(F)c(Cl)c1)S(=O)(=O)c1cccc([N+](=O)[O-])c1. The number of hydrogen-bond acceptors (Lipinski definition) is 4. The molecule has 2 aromatic carbocycles. The van der Waals surface area contributed by atoms with Crippen molar-refractivity contribution in [2.24, 2.45) is 0 Å². The van der Waals surface area contributed by atoms with E-state index < -0.39 is 20.8 Å². The molecular formula is C13H10ClFN2O4S. The number of non-ortho nitro benzene ring substituents is 1. The smallest absolute Gasteiger partial charge is 0.269 e. The van der Waals surface area contributed by atoms with Crippen LogP contribution in [0.25, 0.3) is 0 Å². The van der Waals surface area contributed by atoms with Crippen LogP contribution in [-0.4, -0.2) is 20.4 Å². The van der Waals surface area contributed by atoms with Crippen molar-refractivity contribution in [2.75, 3.05) is 11.4 Å². The van der Waals surface area contributed by atoms with E-state index in [2.05, 4.69) is 0 Å². The molecule has 0 atom stereocenters. The fourth-order valence-electron chi connectivity index (χ4n) is 1.74. The monoisotopic (exact) mass is 344 g/mol. The lowest BCUT2D eigenvalue weighted by molar-refractivity contribution is -0.385. The van der Waals surface area contributed by atoms with Gasteiger partial charge in [0.15, 0.2) is 0 Å². The predicted molar refractivity (Wildman–Crippen MR) is 80.1 cm³/mol. The summed E-state index contributed by atoms with van der Waals surface area (Å²) in [6.07, 6.45) is 0. The third kappa shape index (κ3) is 3.02. The molecule has 0 saturated carbocycles. The first-order valence-corrected chi connectivity index (χ1v) is 7.74. The molecule has 0 saturated heterocycles. The lowest BCUT2D eigenvalue weighted by Crippen LogP contribution is -2.26. The highest BCUT2D eigenvalue weighted by Crippen LogP contribution is 2.27. The summed E-state index contributed by atoms with van der Waals surface area (Å²) in [6, 6.07) is 8.10. The summed E-state index contributed by atoms with van der Waals surface area (Å²) in [6.45, 7) is 0. The molecule has 0 bridgehead atoms. The first kappa shape index (κ1) is 16.2. The van der Waals surface area contributed by atoms with Gasteiger partial charge in [0, 0.05) is 19.2 Å². The van der Waals surface area contributed by atoms with Crippen molar-refractivity contribution in [3.05, 3.63) is 63.4 Å². The summed E-state index contributed by atoms with van der Waals surface area (Å²) in [5, 5.41) is 10.5. The number of hydrogen-bond donors (Lipinski definition) is 0. The Morgan fingerprint density at radius 1 is 1.23 bits per heavy atom. The van der Waals surface area contributed by atoms with Gasteiger partial charge < -0.3 is 0 Å². The number of nitro groups is 1. The van der Waals surface area contributed by atoms with Gasteiger partial charge in [0.05, 0.1) is 20.5 Å². The number of anilines is 1. The summed E-state index contributed by atoms with van der Waals surface area (Å²) in [5.41, 5.74) is -0.204. The van der Waals surface area contributed by atoms with Gasteiger partial charge in [0.1, 0.15) is 5.82 Å². The molecule has 0 radical (unpaired) electrons. The van der Waals surface area contributed by atoms with Crippen LogP contribution in [0.5, 0.6) is 0 Å². The first-order valence-electron chi connectivity index (χ1n) is 5.92. The Morgan fingerprint density at radius 2 is 1.91 bits per heavy atom. The van der Waals surface area contributed by atoms with E-state index in [1.165, 1.54) is 31.3 Å². The van der Waals surface area contributed by atoms with Crippen molar-refractivity contribution >= 4 is 33.0 Å². The van der Waals surface area contributed by atoms with E-state index in [1.807, 2.05) is 0 Å². The van der Waals surface area contributed by atoms with Gasteiger partial charge in [-0.15, -0.1) is 0 Å². The van der Waals surface area contributed by atoms with Crippen molar-refractivity contribution in [3.63, 3.8) is 0 Å². The van der Waals surface area contributed by atoms with E-state index in [0.29, 0.717) is 0 Å². The maximum absolute atomic E-state index is 13.1. The van der Waals surface area contributed by atoms with Crippen molar-refractivity contribution in [2.45, 2.75) is 4.90 Å². The van der Waals surface area contributed by atoms with E-state index >= 15 is 0 Å². The highest BCUT2D eigenvalue weighted by Gasteiger charge is 2.23. The van der Waals surface area contributed by atoms with E-state index in [4.69, 9.17) is 11.6 Å². The van der Waals surface area contributed by atoms with Crippen LogP contribution in [0, 0.1) is 15.9 Å². The Morgan fingerprint density at radius 3 is 2.50 bits per heavy atom. The molecule has 0 aliphatic carbocycles. The number of benzene rings is 2. The van der Waals surface area contributed by atoms with Crippen molar-refractivity contribution in [1.82, 2.24) is 0 Å². The zero-order valence-corrected chi connectivity index (χ0v) is 12.8. The quantitative estimate of drug-likeness (QED) is 0.630. The molecule has 22 heavy (non-hydrogen) atoms. The average Bonchev–Trinajstić information content (AvgIpc) is 2.49. The Labute approximate surface area is 130 Å². The third-order valence-corrected chi connectivity index (χ3v) is 5.02. The van der Waals surface area contributed by atoms with Gasteiger partial charge in [-0.2, -0.15) is 0 Å². The minimum absolute atomic E-state index is 0.137. The second-order valence-electron chi connectivity index (χ2n) is 4.33. The molecule has 0 unspecified atom stereocenters. The van der Waals surface area contributed by atoms with Crippen LogP contribution in [0.4, 0.5) is 15.8 Å². The predicted octanol–water partition coefficient (Wildman–Crippen LogP) is 3.21. The highest BCUT2D eigenvalue weighted by atomic mass is 35.5. The van der Waals surface area contributed by atoms with E-state index in [-0.39, 0.29) is 21.3 Å². The zero-order chi connectivity index (χ0) is 16.5. The number of halogens is 2. The van der Waals surface area contributed by atoms with Crippen LogP contribution in [-0.2, 0) is 10.0 Å². The van der Waals surface area contributed by atoms with E-state index in [1.54, 1.807) is 0 Å². The lowest BCUT2D eigenvalue weighted by Gasteiger charge is -2.19. The Bertz CT molecular complexity index is 842. The maximum Gasteiger partial charge on any atom is 0.270 e. The van der Waals surface area contributed by atoms with Crippen molar-refractivity contribution < 1.29 is 17.7 Å². The molecule has 0 spiro atoms. The van der Waals surface area contributed by atoms with Gasteiger partial charge in [-0.25, -0.2) is 12.8 Å². The maximum atomic E-state index is 13.1. The molecule has 6 nitrogen and oxygen atoms in total. The van der Waals surface area contributed by atoms with Crippen LogP contribution in [0.15, 0.2) is 47.4 Å². The van der Waals surface area contributed by atoms with Gasteiger partial charge in [-0.05, 0) is 24.3 Å². The summed E-state index contributed by atoms with van der Waals surface area (Å²) in [5.74, 6) is -0.674. The zero-order valence-electron chi connectivity index (χ0n) is 11.2.